The van der Waals surface area contributed by atoms with Gasteiger partial charge in [-0.2, -0.15) is 0 Å². The molecule has 152 valence electrons. The van der Waals surface area contributed by atoms with Crippen molar-refractivity contribution >= 4 is 33.9 Å². The Kier molecular flexibility index (Phi) is 5.75. The molecule has 0 saturated carbocycles. The van der Waals surface area contributed by atoms with Gasteiger partial charge < -0.3 is 15.5 Å². The molecule has 0 radical (unpaired) electrons. The van der Waals surface area contributed by atoms with Crippen molar-refractivity contribution < 1.29 is 4.39 Å². The Balaban J connectivity index is 1.64. The summed E-state index contributed by atoms with van der Waals surface area (Å²) in [6, 6.07) is 22.2. The molecule has 1 heterocycles. The molecule has 5 nitrogen and oxygen atoms in total. The van der Waals surface area contributed by atoms with E-state index in [1.807, 2.05) is 73.7 Å². The van der Waals surface area contributed by atoms with Gasteiger partial charge in [0.1, 0.15) is 6.67 Å². The number of hydrogen-bond donors (Lipinski definition) is 2. The number of alkyl halides is 1. The van der Waals surface area contributed by atoms with Gasteiger partial charge in [-0.15, -0.1) is 0 Å². The molecule has 0 bridgehead atoms. The number of benzene rings is 3. The van der Waals surface area contributed by atoms with Gasteiger partial charge in [0.05, 0.1) is 5.52 Å². The molecule has 0 aliphatic heterocycles. The second-order valence-corrected chi connectivity index (χ2v) is 7.05. The molecule has 2 N–H and O–H groups in total. The van der Waals surface area contributed by atoms with E-state index in [4.69, 9.17) is 4.98 Å². The Morgan fingerprint density at radius 2 is 1.77 bits per heavy atom. The summed E-state index contributed by atoms with van der Waals surface area (Å²) in [6.45, 7) is -0.000913. The predicted molar refractivity (Wildman–Crippen MR) is 123 cm³/mol. The zero-order valence-corrected chi connectivity index (χ0v) is 17.1. The number of rotatable bonds is 7. The van der Waals surface area contributed by atoms with Crippen LogP contribution in [0, 0.1) is 0 Å². The first-order valence-corrected chi connectivity index (χ1v) is 9.86. The third kappa shape index (κ3) is 4.17. The van der Waals surface area contributed by atoms with Gasteiger partial charge in [-0.1, -0.05) is 30.3 Å². The predicted octanol–water partition coefficient (Wildman–Crippen LogP) is 5.49. The number of anilines is 4. The Morgan fingerprint density at radius 3 is 2.53 bits per heavy atom. The standard InChI is InChI=1S/C24H24FN5/c1-26-20-7-3-5-17(15-20)22-8-4-6-18-16-27-24(29-23(18)22)28-19-9-11-21(12-10-19)30(2)14-13-25/h3-12,15-16,26H,13-14H2,1-2H3,(H,27,28,29). The molecule has 3 aromatic carbocycles. The van der Waals surface area contributed by atoms with Crippen molar-refractivity contribution in [1.29, 1.82) is 0 Å². The summed E-state index contributed by atoms with van der Waals surface area (Å²) < 4.78 is 12.5. The van der Waals surface area contributed by atoms with Crippen molar-refractivity contribution in [2.75, 3.05) is 42.8 Å². The van der Waals surface area contributed by atoms with E-state index < -0.39 is 0 Å². The number of aromatic nitrogens is 2. The number of para-hydroxylation sites is 1. The summed E-state index contributed by atoms with van der Waals surface area (Å²) in [7, 11) is 3.78. The zero-order valence-electron chi connectivity index (χ0n) is 17.1. The first-order chi connectivity index (χ1) is 14.7. The van der Waals surface area contributed by atoms with E-state index in [9.17, 15) is 4.39 Å². The first-order valence-electron chi connectivity index (χ1n) is 9.86. The lowest BCUT2D eigenvalue weighted by molar-refractivity contribution is 0.497. The molecule has 6 heteroatoms. The van der Waals surface area contributed by atoms with E-state index >= 15 is 0 Å². The molecular weight excluding hydrogens is 377 g/mol. The van der Waals surface area contributed by atoms with Crippen molar-refractivity contribution in [3.63, 3.8) is 0 Å². The Morgan fingerprint density at radius 1 is 0.967 bits per heavy atom. The summed E-state index contributed by atoms with van der Waals surface area (Å²) in [5, 5.41) is 7.43. The minimum atomic E-state index is -0.374. The van der Waals surface area contributed by atoms with Crippen LogP contribution in [0.3, 0.4) is 0 Å². The van der Waals surface area contributed by atoms with Crippen LogP contribution in [0.5, 0.6) is 0 Å². The number of nitrogens with one attached hydrogen (secondary N) is 2. The number of hydrogen-bond acceptors (Lipinski definition) is 5. The maximum Gasteiger partial charge on any atom is 0.227 e. The third-order valence-electron chi connectivity index (χ3n) is 5.06. The van der Waals surface area contributed by atoms with E-state index in [2.05, 4.69) is 33.8 Å². The average Bonchev–Trinajstić information content (AvgIpc) is 2.79. The summed E-state index contributed by atoms with van der Waals surface area (Å²) in [5.74, 6) is 0.532. The van der Waals surface area contributed by atoms with Crippen LogP contribution >= 0.6 is 0 Å². The van der Waals surface area contributed by atoms with E-state index in [-0.39, 0.29) is 6.67 Å². The van der Waals surface area contributed by atoms with Crippen LogP contribution in [0.1, 0.15) is 0 Å². The van der Waals surface area contributed by atoms with Gasteiger partial charge in [0.15, 0.2) is 0 Å². The fraction of sp³-hybridized carbons (Fsp3) is 0.167. The summed E-state index contributed by atoms with van der Waals surface area (Å²) in [5.41, 5.74) is 5.93. The molecule has 1 aromatic heterocycles. The van der Waals surface area contributed by atoms with Crippen LogP contribution in [0.15, 0.2) is 72.9 Å². The normalized spacial score (nSPS) is 10.8. The van der Waals surface area contributed by atoms with Crippen molar-refractivity contribution in [3.8, 4) is 11.1 Å². The second kappa shape index (κ2) is 8.78. The molecule has 30 heavy (non-hydrogen) atoms. The molecule has 4 rings (SSSR count). The topological polar surface area (TPSA) is 53.1 Å². The molecular formula is C24H24FN5. The Bertz CT molecular complexity index is 1140. The van der Waals surface area contributed by atoms with Crippen LogP contribution < -0.4 is 15.5 Å². The van der Waals surface area contributed by atoms with E-state index in [1.165, 1.54) is 0 Å². The molecule has 4 aromatic rings. The average molecular weight is 401 g/mol. The van der Waals surface area contributed by atoms with E-state index in [1.54, 1.807) is 0 Å². The number of fused-ring (bicyclic) bond motifs is 1. The molecule has 0 amide bonds. The van der Waals surface area contributed by atoms with E-state index in [0.717, 1.165) is 39.1 Å². The van der Waals surface area contributed by atoms with Crippen LogP contribution in [-0.4, -0.2) is 37.3 Å². The highest BCUT2D eigenvalue weighted by Crippen LogP contribution is 2.30. The van der Waals surface area contributed by atoms with Crippen LogP contribution in [0.4, 0.5) is 27.4 Å². The zero-order chi connectivity index (χ0) is 20.9. The third-order valence-corrected chi connectivity index (χ3v) is 5.06. The minimum Gasteiger partial charge on any atom is -0.388 e. The van der Waals surface area contributed by atoms with E-state index in [0.29, 0.717) is 12.5 Å². The van der Waals surface area contributed by atoms with Crippen molar-refractivity contribution in [2.24, 2.45) is 0 Å². The van der Waals surface area contributed by atoms with Crippen LogP contribution in [-0.2, 0) is 0 Å². The van der Waals surface area contributed by atoms with Gasteiger partial charge in [-0.05, 0) is 42.0 Å². The largest absolute Gasteiger partial charge is 0.388 e. The van der Waals surface area contributed by atoms with Gasteiger partial charge >= 0.3 is 0 Å². The second-order valence-electron chi connectivity index (χ2n) is 7.05. The monoisotopic (exact) mass is 401 g/mol. The Labute approximate surface area is 175 Å². The van der Waals surface area contributed by atoms with Crippen LogP contribution in [0.2, 0.25) is 0 Å². The SMILES string of the molecule is CNc1cccc(-c2cccc3cnc(Nc4ccc(N(C)CCF)cc4)nc23)c1. The molecule has 0 spiro atoms. The minimum absolute atomic E-state index is 0.373. The molecule has 0 aliphatic rings. The van der Waals surface area contributed by atoms with Crippen molar-refractivity contribution in [1.82, 2.24) is 9.97 Å². The summed E-state index contributed by atoms with van der Waals surface area (Å²) in [4.78, 5) is 11.1. The first kappa shape index (κ1) is 19.6. The fourth-order valence-electron chi connectivity index (χ4n) is 3.38. The maximum absolute atomic E-state index is 12.5. The smallest absolute Gasteiger partial charge is 0.227 e. The molecule has 0 aliphatic carbocycles. The van der Waals surface area contributed by atoms with Gasteiger partial charge in [-0.25, -0.2) is 14.4 Å². The summed E-state index contributed by atoms with van der Waals surface area (Å²) in [6.07, 6.45) is 1.83. The Hall–Kier alpha value is -3.67. The quantitative estimate of drug-likeness (QED) is 0.429. The fourth-order valence-corrected chi connectivity index (χ4v) is 3.38. The maximum atomic E-state index is 12.5. The molecule has 0 atom stereocenters. The van der Waals surface area contributed by atoms with Crippen molar-refractivity contribution in [3.05, 3.63) is 72.9 Å². The molecule has 0 unspecified atom stereocenters. The van der Waals surface area contributed by atoms with Crippen LogP contribution in [0.25, 0.3) is 22.0 Å². The lowest BCUT2D eigenvalue weighted by atomic mass is 10.0. The highest BCUT2D eigenvalue weighted by Gasteiger charge is 2.08. The lowest BCUT2D eigenvalue weighted by Crippen LogP contribution is -2.19. The van der Waals surface area contributed by atoms with Crippen molar-refractivity contribution in [2.45, 2.75) is 0 Å². The van der Waals surface area contributed by atoms with Gasteiger partial charge in [0, 0.05) is 54.8 Å². The highest BCUT2D eigenvalue weighted by molar-refractivity contribution is 5.94. The van der Waals surface area contributed by atoms with Gasteiger partial charge in [-0.3, -0.25) is 0 Å². The number of halogens is 1. The highest BCUT2D eigenvalue weighted by atomic mass is 19.1. The summed E-state index contributed by atoms with van der Waals surface area (Å²) >= 11 is 0. The number of nitrogens with zero attached hydrogens (tertiary/aromatic N) is 3. The van der Waals surface area contributed by atoms with Gasteiger partial charge in [0.2, 0.25) is 5.95 Å². The van der Waals surface area contributed by atoms with Gasteiger partial charge in [0.25, 0.3) is 0 Å². The lowest BCUT2D eigenvalue weighted by Gasteiger charge is -2.17. The molecule has 0 fully saturated rings. The molecule has 0 saturated heterocycles.